The van der Waals surface area contributed by atoms with Crippen molar-refractivity contribution in [1.82, 2.24) is 0 Å². The molecule has 4 aliphatic carbocycles. The van der Waals surface area contributed by atoms with Crippen LogP contribution in [0.5, 0.6) is 0 Å². The predicted molar refractivity (Wildman–Crippen MR) is 51.7 cm³/mol. The van der Waals surface area contributed by atoms with Gasteiger partial charge in [-0.05, 0) is 50.4 Å². The average Bonchev–Trinajstić information content (AvgIpc) is 1.98. The van der Waals surface area contributed by atoms with Gasteiger partial charge in [0.05, 0.1) is 5.41 Å². The summed E-state index contributed by atoms with van der Waals surface area (Å²) in [5.41, 5.74) is 5.70. The van der Waals surface area contributed by atoms with Gasteiger partial charge in [-0.2, -0.15) is 0 Å². The second kappa shape index (κ2) is 3.11. The smallest absolute Gasteiger partial charge is 0.309 e. The maximum absolute atomic E-state index is 11.3. The van der Waals surface area contributed by atoms with Crippen LogP contribution in [0.4, 0.5) is 0 Å². The molecule has 0 aromatic rings. The normalized spacial score (nSPS) is 51.3. The Morgan fingerprint density at radius 1 is 1.20 bits per heavy atom. The van der Waals surface area contributed by atoms with Crippen LogP contribution in [0.2, 0.25) is 0 Å². The van der Waals surface area contributed by atoms with Crippen LogP contribution in [0.25, 0.3) is 0 Å². The summed E-state index contributed by atoms with van der Waals surface area (Å²) in [6, 6.07) is 0. The van der Waals surface area contributed by atoms with Crippen molar-refractivity contribution in [2.75, 3.05) is 0 Å². The molecular formula is C11H17ClNO2-. The van der Waals surface area contributed by atoms with Crippen molar-refractivity contribution in [2.24, 2.45) is 23.0 Å². The Morgan fingerprint density at radius 2 is 1.73 bits per heavy atom. The van der Waals surface area contributed by atoms with Crippen LogP contribution in [-0.4, -0.2) is 16.6 Å². The fourth-order valence-electron chi connectivity index (χ4n) is 4.58. The molecule has 0 aromatic heterocycles. The Morgan fingerprint density at radius 3 is 2.13 bits per heavy atom. The lowest BCUT2D eigenvalue weighted by Crippen LogP contribution is -3.00. The van der Waals surface area contributed by atoms with Crippen molar-refractivity contribution in [3.63, 3.8) is 0 Å². The Hall–Kier alpha value is -0.280. The highest BCUT2D eigenvalue weighted by Crippen LogP contribution is 2.60. The number of carbonyl (C=O) groups is 1. The van der Waals surface area contributed by atoms with Crippen LogP contribution in [0.15, 0.2) is 0 Å². The third-order valence-corrected chi connectivity index (χ3v) is 4.56. The fourth-order valence-corrected chi connectivity index (χ4v) is 4.58. The van der Waals surface area contributed by atoms with Gasteiger partial charge in [0.25, 0.3) is 0 Å². The predicted octanol–water partition coefficient (Wildman–Crippen LogP) is -1.63. The molecule has 4 rings (SSSR count). The minimum Gasteiger partial charge on any atom is -1.00 e. The molecule has 0 radical (unpaired) electrons. The molecule has 0 spiro atoms. The first-order valence-electron chi connectivity index (χ1n) is 5.54. The molecule has 4 bridgehead atoms. The summed E-state index contributed by atoms with van der Waals surface area (Å²) in [7, 11) is 0. The quantitative estimate of drug-likeness (QED) is 0.569. The molecule has 0 saturated heterocycles. The third-order valence-electron chi connectivity index (χ3n) is 4.56. The van der Waals surface area contributed by atoms with E-state index in [2.05, 4.69) is 0 Å². The minimum atomic E-state index is -0.596. The van der Waals surface area contributed by atoms with Crippen LogP contribution >= 0.6 is 0 Å². The van der Waals surface area contributed by atoms with E-state index >= 15 is 0 Å². The van der Waals surface area contributed by atoms with Crippen LogP contribution in [-0.2, 0) is 4.79 Å². The Bertz CT molecular complexity index is 291. The highest BCUT2D eigenvalue weighted by atomic mass is 35.5. The van der Waals surface area contributed by atoms with Crippen molar-refractivity contribution < 1.29 is 22.3 Å². The van der Waals surface area contributed by atoms with Gasteiger partial charge in [-0.25, -0.2) is 0 Å². The van der Waals surface area contributed by atoms with E-state index in [1.165, 1.54) is 6.42 Å². The van der Waals surface area contributed by atoms with Crippen molar-refractivity contribution in [3.8, 4) is 0 Å². The van der Waals surface area contributed by atoms with E-state index in [1.807, 2.05) is 0 Å². The molecule has 0 aromatic carbocycles. The molecule has 4 fully saturated rings. The monoisotopic (exact) mass is 230 g/mol. The lowest BCUT2D eigenvalue weighted by Gasteiger charge is -2.59. The van der Waals surface area contributed by atoms with Crippen LogP contribution in [0.1, 0.15) is 38.5 Å². The summed E-state index contributed by atoms with van der Waals surface area (Å²) in [5.74, 6) is 0.594. The van der Waals surface area contributed by atoms with Crippen LogP contribution in [0, 0.1) is 17.3 Å². The summed E-state index contributed by atoms with van der Waals surface area (Å²) in [6.45, 7) is 0. The topological polar surface area (TPSA) is 63.3 Å². The lowest BCUT2D eigenvalue weighted by atomic mass is 9.47. The van der Waals surface area contributed by atoms with Gasteiger partial charge in [-0.15, -0.1) is 0 Å². The van der Waals surface area contributed by atoms with E-state index in [0.717, 1.165) is 32.1 Å². The largest absolute Gasteiger partial charge is 1.00 e. The molecule has 3 nitrogen and oxygen atoms in total. The van der Waals surface area contributed by atoms with E-state index in [0.29, 0.717) is 11.8 Å². The second-order valence-electron chi connectivity index (χ2n) is 5.91. The second-order valence-corrected chi connectivity index (χ2v) is 5.91. The standard InChI is InChI=1S/C11H17NO2.ClH/c12-11-4-7-1-8(5-11)3-10(2-7,6-11)9(13)14;/h7-8H,1-6,12H2,(H,13,14);1H/p-1. The number of carboxylic acids is 1. The number of nitrogens with two attached hydrogens (primary N) is 1. The summed E-state index contributed by atoms with van der Waals surface area (Å²) >= 11 is 0. The first-order valence-corrected chi connectivity index (χ1v) is 5.54. The van der Waals surface area contributed by atoms with Gasteiger partial charge in [-0.1, -0.05) is 0 Å². The van der Waals surface area contributed by atoms with Crippen LogP contribution < -0.4 is 18.1 Å². The summed E-state index contributed by atoms with van der Waals surface area (Å²) < 4.78 is 0. The molecule has 0 amide bonds. The van der Waals surface area contributed by atoms with Gasteiger partial charge in [0.2, 0.25) is 0 Å². The molecule has 86 valence electrons. The number of carboxylic acid groups (broad SMARTS) is 1. The van der Waals surface area contributed by atoms with Gasteiger partial charge in [0.15, 0.2) is 0 Å². The lowest BCUT2D eigenvalue weighted by molar-refractivity contribution is -0.166. The van der Waals surface area contributed by atoms with Crippen LogP contribution in [0.3, 0.4) is 0 Å². The zero-order valence-electron chi connectivity index (χ0n) is 8.71. The summed E-state index contributed by atoms with van der Waals surface area (Å²) in [5, 5.41) is 9.34. The Kier molecular flexibility index (Phi) is 2.32. The van der Waals surface area contributed by atoms with E-state index in [1.54, 1.807) is 0 Å². The molecule has 3 N–H and O–H groups in total. The maximum Gasteiger partial charge on any atom is 0.309 e. The fraction of sp³-hybridized carbons (Fsp3) is 0.909. The molecule has 2 atom stereocenters. The van der Waals surface area contributed by atoms with Gasteiger partial charge in [0, 0.05) is 5.54 Å². The van der Waals surface area contributed by atoms with Gasteiger partial charge in [-0.3, -0.25) is 4.79 Å². The van der Waals surface area contributed by atoms with E-state index in [9.17, 15) is 9.90 Å². The van der Waals surface area contributed by atoms with Crippen molar-refractivity contribution in [3.05, 3.63) is 0 Å². The summed E-state index contributed by atoms with van der Waals surface area (Å²) in [6.07, 6.45) is 5.86. The Balaban J connectivity index is 0.000000853. The molecule has 0 aliphatic heterocycles. The highest BCUT2D eigenvalue weighted by molar-refractivity contribution is 5.75. The molecule has 15 heavy (non-hydrogen) atoms. The number of hydrogen-bond donors (Lipinski definition) is 2. The number of aliphatic carboxylic acids is 1. The Labute approximate surface area is 95.8 Å². The van der Waals surface area contributed by atoms with Crippen molar-refractivity contribution >= 4 is 5.97 Å². The molecule has 2 unspecified atom stereocenters. The van der Waals surface area contributed by atoms with E-state index in [-0.39, 0.29) is 17.9 Å². The molecule has 4 heteroatoms. The first kappa shape index (κ1) is 11.2. The molecule has 4 saturated carbocycles. The van der Waals surface area contributed by atoms with Crippen molar-refractivity contribution in [2.45, 2.75) is 44.1 Å². The summed E-state index contributed by atoms with van der Waals surface area (Å²) in [4.78, 5) is 11.3. The SMILES string of the molecule is NC12CC3CC(C1)CC(C(=O)O)(C3)C2.[Cl-]. The zero-order chi connectivity index (χ0) is 9.97. The number of hydrogen-bond acceptors (Lipinski definition) is 2. The zero-order valence-corrected chi connectivity index (χ0v) is 9.46. The average molecular weight is 231 g/mol. The third kappa shape index (κ3) is 1.48. The van der Waals surface area contributed by atoms with Gasteiger partial charge in [0.1, 0.15) is 0 Å². The minimum absolute atomic E-state index is 0. The van der Waals surface area contributed by atoms with Gasteiger partial charge >= 0.3 is 5.97 Å². The van der Waals surface area contributed by atoms with Gasteiger partial charge < -0.3 is 23.2 Å². The van der Waals surface area contributed by atoms with Crippen molar-refractivity contribution in [1.29, 1.82) is 0 Å². The molecule has 0 heterocycles. The molecule has 4 aliphatic rings. The molecular weight excluding hydrogens is 214 g/mol. The van der Waals surface area contributed by atoms with E-state index in [4.69, 9.17) is 5.73 Å². The number of rotatable bonds is 1. The number of halogens is 1. The first-order chi connectivity index (χ1) is 6.51. The van der Waals surface area contributed by atoms with E-state index < -0.39 is 11.4 Å². The highest BCUT2D eigenvalue weighted by Gasteiger charge is 2.59. The maximum atomic E-state index is 11.3.